The van der Waals surface area contributed by atoms with Crippen LogP contribution in [0.5, 0.6) is 0 Å². The van der Waals surface area contributed by atoms with Crippen LogP contribution in [0.4, 0.5) is 0 Å². The van der Waals surface area contributed by atoms with Crippen LogP contribution in [0.1, 0.15) is 43.2 Å². The summed E-state index contributed by atoms with van der Waals surface area (Å²) in [6.45, 7) is 3.00. The van der Waals surface area contributed by atoms with Gasteiger partial charge in [-0.1, -0.05) is 67.1 Å². The van der Waals surface area contributed by atoms with Crippen molar-refractivity contribution in [1.29, 1.82) is 5.26 Å². The van der Waals surface area contributed by atoms with E-state index in [1.54, 1.807) is 0 Å². The van der Waals surface area contributed by atoms with Crippen LogP contribution in [-0.2, 0) is 12.0 Å². The minimum absolute atomic E-state index is 0.0468. The molecule has 1 heterocycles. The van der Waals surface area contributed by atoms with Gasteiger partial charge in [-0.25, -0.2) is 0 Å². The molecule has 2 aromatic carbocycles. The number of benzene rings is 2. The number of aliphatic hydroxyl groups is 1. The molecule has 1 aliphatic heterocycles. The number of likely N-dealkylation sites (tertiary alicyclic amines) is 1. The number of aliphatic hydroxyl groups excluding tert-OH is 1. The van der Waals surface area contributed by atoms with Gasteiger partial charge < -0.3 is 5.11 Å². The van der Waals surface area contributed by atoms with E-state index in [9.17, 15) is 10.4 Å². The van der Waals surface area contributed by atoms with Gasteiger partial charge in [-0.3, -0.25) is 4.90 Å². The van der Waals surface area contributed by atoms with E-state index >= 15 is 0 Å². The second kappa shape index (κ2) is 8.47. The summed E-state index contributed by atoms with van der Waals surface area (Å²) in [5.41, 5.74) is 1.88. The lowest BCUT2D eigenvalue weighted by Crippen LogP contribution is -2.48. The van der Waals surface area contributed by atoms with Crippen molar-refractivity contribution in [3.05, 3.63) is 71.8 Å². The van der Waals surface area contributed by atoms with Crippen LogP contribution in [0.3, 0.4) is 0 Å². The zero-order chi connectivity index (χ0) is 19.4. The fraction of sp³-hybridized carbons (Fsp3) is 0.480. The van der Waals surface area contributed by atoms with Crippen molar-refractivity contribution in [2.75, 3.05) is 13.1 Å². The Balaban J connectivity index is 1.56. The molecule has 1 unspecified atom stereocenters. The maximum atomic E-state index is 10.7. The molecule has 1 saturated heterocycles. The predicted octanol–water partition coefficient (Wildman–Crippen LogP) is 4.52. The van der Waals surface area contributed by atoms with Gasteiger partial charge in [0.2, 0.25) is 0 Å². The van der Waals surface area contributed by atoms with E-state index in [1.165, 1.54) is 5.56 Å². The van der Waals surface area contributed by atoms with Gasteiger partial charge in [-0.05, 0) is 55.8 Å². The van der Waals surface area contributed by atoms with E-state index in [4.69, 9.17) is 0 Å². The minimum Gasteiger partial charge on any atom is -0.393 e. The van der Waals surface area contributed by atoms with E-state index in [2.05, 4.69) is 53.4 Å². The van der Waals surface area contributed by atoms with Crippen LogP contribution in [0.2, 0.25) is 0 Å². The van der Waals surface area contributed by atoms with Crippen LogP contribution < -0.4 is 0 Å². The summed E-state index contributed by atoms with van der Waals surface area (Å²) < 4.78 is 0. The Kier molecular flexibility index (Phi) is 5.80. The topological polar surface area (TPSA) is 47.3 Å². The molecule has 3 nitrogen and oxygen atoms in total. The SMILES string of the molecule is N#CC(c1ccccc1)(C1CCN(Cc2ccccc2)CC1)[C@H]1CCC[C@@H]1O. The number of hydrogen-bond donors (Lipinski definition) is 1. The van der Waals surface area contributed by atoms with Crippen LogP contribution in [0, 0.1) is 23.2 Å². The lowest BCUT2D eigenvalue weighted by atomic mass is 9.59. The fourth-order valence-electron chi connectivity index (χ4n) is 5.56. The van der Waals surface area contributed by atoms with Crippen molar-refractivity contribution >= 4 is 0 Å². The van der Waals surface area contributed by atoms with Gasteiger partial charge in [0.05, 0.1) is 17.6 Å². The highest BCUT2D eigenvalue weighted by atomic mass is 16.3. The van der Waals surface area contributed by atoms with Crippen molar-refractivity contribution in [3.63, 3.8) is 0 Å². The summed E-state index contributed by atoms with van der Waals surface area (Å²) in [6.07, 6.45) is 4.47. The molecular formula is C25H30N2O. The Labute approximate surface area is 168 Å². The second-order valence-electron chi connectivity index (χ2n) is 8.49. The number of nitrogens with zero attached hydrogens (tertiary/aromatic N) is 2. The summed E-state index contributed by atoms with van der Waals surface area (Å²) in [5, 5.41) is 21.2. The third-order valence-electron chi connectivity index (χ3n) is 6.98. The van der Waals surface area contributed by atoms with Gasteiger partial charge in [0, 0.05) is 12.5 Å². The standard InChI is InChI=1S/C25H30N2O/c26-19-25(21-10-5-2-6-11-21,23-12-7-13-24(23)28)22-14-16-27(17-15-22)18-20-8-3-1-4-9-20/h1-6,8-11,22-24,28H,7,12-18H2/t23-,24-,25?/m0/s1. The van der Waals surface area contributed by atoms with Crippen molar-refractivity contribution < 1.29 is 5.11 Å². The Morgan fingerprint density at radius 1 is 0.929 bits per heavy atom. The first-order chi connectivity index (χ1) is 13.7. The molecule has 0 radical (unpaired) electrons. The molecule has 1 aliphatic carbocycles. The molecule has 3 heteroatoms. The van der Waals surface area contributed by atoms with Crippen LogP contribution in [0.25, 0.3) is 0 Å². The molecule has 0 bridgehead atoms. The lowest BCUT2D eigenvalue weighted by molar-refractivity contribution is 0.0507. The Morgan fingerprint density at radius 2 is 1.57 bits per heavy atom. The number of nitriles is 1. The fourth-order valence-corrected chi connectivity index (χ4v) is 5.56. The largest absolute Gasteiger partial charge is 0.393 e. The summed E-state index contributed by atoms with van der Waals surface area (Å²) in [7, 11) is 0. The highest BCUT2D eigenvalue weighted by Gasteiger charge is 2.51. The Bertz CT molecular complexity index is 792. The molecule has 4 rings (SSSR count). The summed E-state index contributed by atoms with van der Waals surface area (Å²) in [5.74, 6) is 0.343. The maximum Gasteiger partial charge on any atom is 0.0903 e. The summed E-state index contributed by atoms with van der Waals surface area (Å²) in [4.78, 5) is 2.50. The molecule has 2 aliphatic rings. The number of piperidine rings is 1. The molecule has 0 spiro atoms. The van der Waals surface area contributed by atoms with E-state index in [-0.39, 0.29) is 12.0 Å². The summed E-state index contributed by atoms with van der Waals surface area (Å²) in [6, 6.07) is 23.7. The second-order valence-corrected chi connectivity index (χ2v) is 8.49. The first kappa shape index (κ1) is 19.2. The van der Waals surface area contributed by atoms with Crippen LogP contribution in [0.15, 0.2) is 60.7 Å². The zero-order valence-corrected chi connectivity index (χ0v) is 16.5. The molecule has 146 valence electrons. The van der Waals surface area contributed by atoms with Gasteiger partial charge >= 0.3 is 0 Å². The van der Waals surface area contributed by atoms with E-state index in [0.717, 1.165) is 57.3 Å². The highest BCUT2D eigenvalue weighted by molar-refractivity contribution is 5.36. The minimum atomic E-state index is -0.573. The molecule has 0 amide bonds. The van der Waals surface area contributed by atoms with Crippen LogP contribution >= 0.6 is 0 Å². The average Bonchev–Trinajstić information content (AvgIpc) is 3.18. The Hall–Kier alpha value is -2.15. The Morgan fingerprint density at radius 3 is 2.14 bits per heavy atom. The first-order valence-electron chi connectivity index (χ1n) is 10.6. The number of rotatable bonds is 5. The summed E-state index contributed by atoms with van der Waals surface area (Å²) >= 11 is 0. The van der Waals surface area contributed by atoms with E-state index in [0.29, 0.717) is 5.92 Å². The predicted molar refractivity (Wildman–Crippen MR) is 112 cm³/mol. The lowest BCUT2D eigenvalue weighted by Gasteiger charge is -2.45. The highest BCUT2D eigenvalue weighted by Crippen LogP contribution is 2.50. The van der Waals surface area contributed by atoms with Crippen molar-refractivity contribution in [1.82, 2.24) is 4.90 Å². The van der Waals surface area contributed by atoms with E-state index in [1.807, 2.05) is 18.2 Å². The molecule has 3 atom stereocenters. The average molecular weight is 375 g/mol. The zero-order valence-electron chi connectivity index (χ0n) is 16.5. The third-order valence-corrected chi connectivity index (χ3v) is 6.98. The van der Waals surface area contributed by atoms with Crippen molar-refractivity contribution in [3.8, 4) is 6.07 Å². The first-order valence-corrected chi connectivity index (χ1v) is 10.6. The molecule has 1 N–H and O–H groups in total. The number of hydrogen-bond acceptors (Lipinski definition) is 3. The molecule has 1 saturated carbocycles. The molecule has 2 fully saturated rings. The smallest absolute Gasteiger partial charge is 0.0903 e. The van der Waals surface area contributed by atoms with Gasteiger partial charge in [0.25, 0.3) is 0 Å². The van der Waals surface area contributed by atoms with Gasteiger partial charge in [0.1, 0.15) is 0 Å². The molecular weight excluding hydrogens is 344 g/mol. The normalized spacial score (nSPS) is 25.9. The molecule has 2 aromatic rings. The van der Waals surface area contributed by atoms with Gasteiger partial charge in [0.15, 0.2) is 0 Å². The van der Waals surface area contributed by atoms with Crippen molar-refractivity contribution in [2.45, 2.75) is 50.2 Å². The molecule has 0 aromatic heterocycles. The quantitative estimate of drug-likeness (QED) is 0.837. The van der Waals surface area contributed by atoms with Crippen molar-refractivity contribution in [2.24, 2.45) is 11.8 Å². The van der Waals surface area contributed by atoms with Gasteiger partial charge in [-0.2, -0.15) is 5.26 Å². The van der Waals surface area contributed by atoms with E-state index < -0.39 is 5.41 Å². The monoisotopic (exact) mass is 374 g/mol. The molecule has 28 heavy (non-hydrogen) atoms. The van der Waals surface area contributed by atoms with Gasteiger partial charge in [-0.15, -0.1) is 0 Å². The maximum absolute atomic E-state index is 10.7. The third kappa shape index (κ3) is 3.60. The van der Waals surface area contributed by atoms with Crippen LogP contribution in [-0.4, -0.2) is 29.2 Å².